The van der Waals surface area contributed by atoms with Gasteiger partial charge in [0, 0.05) is 35.2 Å². The number of carbonyl (C=O) groups is 1. The molecule has 2 heterocycles. The topological polar surface area (TPSA) is 59.2 Å². The van der Waals surface area contributed by atoms with E-state index in [0.717, 1.165) is 42.4 Å². The van der Waals surface area contributed by atoms with Crippen LogP contribution in [0.5, 0.6) is 0 Å². The average Bonchev–Trinajstić information content (AvgIpc) is 2.48. The predicted molar refractivity (Wildman–Crippen MR) is 80.6 cm³/mol. The van der Waals surface area contributed by atoms with Crippen LogP contribution in [-0.2, 0) is 0 Å². The number of piperidine rings is 1. The van der Waals surface area contributed by atoms with Gasteiger partial charge in [-0.1, -0.05) is 12.1 Å². The smallest absolute Gasteiger partial charge is 0.273 e. The van der Waals surface area contributed by atoms with Crippen molar-refractivity contribution < 1.29 is 4.79 Å². The van der Waals surface area contributed by atoms with Gasteiger partial charge in [-0.3, -0.25) is 4.79 Å². The zero-order valence-electron chi connectivity index (χ0n) is 11.7. The highest BCUT2D eigenvalue weighted by Crippen LogP contribution is 2.25. The summed E-state index contributed by atoms with van der Waals surface area (Å²) in [6.45, 7) is 3.56. The van der Waals surface area contributed by atoms with E-state index in [0.29, 0.717) is 11.4 Å². The van der Waals surface area contributed by atoms with Crippen molar-refractivity contribution in [3.63, 3.8) is 0 Å². The average molecular weight is 269 g/mol. The first kappa shape index (κ1) is 12.9. The van der Waals surface area contributed by atoms with Crippen LogP contribution in [0.15, 0.2) is 24.3 Å². The molecule has 2 N–H and O–H groups in total. The molecule has 0 atom stereocenters. The number of hydrogen-bond donors (Lipinski definition) is 1. The van der Waals surface area contributed by atoms with E-state index >= 15 is 0 Å². The minimum atomic E-state index is 0.0315. The maximum absolute atomic E-state index is 12.7. The number of benzene rings is 1. The predicted octanol–water partition coefficient (Wildman–Crippen LogP) is 2.75. The van der Waals surface area contributed by atoms with Crippen LogP contribution in [0.3, 0.4) is 0 Å². The number of carbonyl (C=O) groups excluding carboxylic acids is 1. The lowest BCUT2D eigenvalue weighted by Crippen LogP contribution is -2.36. The van der Waals surface area contributed by atoms with Crippen LogP contribution in [0.1, 0.15) is 35.4 Å². The summed E-state index contributed by atoms with van der Waals surface area (Å²) in [7, 11) is 0. The molecule has 0 aliphatic carbocycles. The Kier molecular flexibility index (Phi) is 3.30. The summed E-state index contributed by atoms with van der Waals surface area (Å²) in [5.41, 5.74) is 8.08. The normalized spacial score (nSPS) is 15.6. The molecule has 0 radical (unpaired) electrons. The Hall–Kier alpha value is -2.10. The number of nitrogen functional groups attached to an aromatic ring is 1. The van der Waals surface area contributed by atoms with Gasteiger partial charge in [-0.2, -0.15) is 0 Å². The van der Waals surface area contributed by atoms with Crippen molar-refractivity contribution in [2.24, 2.45) is 0 Å². The van der Waals surface area contributed by atoms with E-state index in [-0.39, 0.29) is 5.91 Å². The first-order valence-electron chi connectivity index (χ1n) is 7.12. The Bertz CT molecular complexity index is 660. The Balaban J connectivity index is 2.10. The van der Waals surface area contributed by atoms with Gasteiger partial charge in [0.2, 0.25) is 0 Å². The van der Waals surface area contributed by atoms with E-state index in [4.69, 9.17) is 5.73 Å². The van der Waals surface area contributed by atoms with E-state index in [2.05, 4.69) is 4.98 Å². The Morgan fingerprint density at radius 1 is 1.20 bits per heavy atom. The second-order valence-electron chi connectivity index (χ2n) is 5.41. The molecule has 1 saturated heterocycles. The van der Waals surface area contributed by atoms with Gasteiger partial charge in [0.15, 0.2) is 0 Å². The number of hydrogen-bond acceptors (Lipinski definition) is 3. The van der Waals surface area contributed by atoms with E-state index in [1.807, 2.05) is 36.1 Å². The van der Waals surface area contributed by atoms with Crippen LogP contribution in [-0.4, -0.2) is 28.9 Å². The third-order valence-electron chi connectivity index (χ3n) is 3.88. The van der Waals surface area contributed by atoms with Crippen LogP contribution >= 0.6 is 0 Å². The highest BCUT2D eigenvalue weighted by molar-refractivity contribution is 6.08. The number of amides is 1. The zero-order valence-corrected chi connectivity index (χ0v) is 11.7. The second-order valence-corrected chi connectivity index (χ2v) is 5.41. The van der Waals surface area contributed by atoms with Crippen molar-refractivity contribution in [3.8, 4) is 0 Å². The Morgan fingerprint density at radius 2 is 1.95 bits per heavy atom. The number of aryl methyl sites for hydroxylation is 1. The SMILES string of the molecule is Cc1cc2c(N)cccc2c(C(=O)N2CCCCC2)n1. The van der Waals surface area contributed by atoms with Gasteiger partial charge in [-0.25, -0.2) is 4.98 Å². The molecule has 0 bridgehead atoms. The third kappa shape index (κ3) is 2.22. The molecule has 2 aromatic rings. The largest absolute Gasteiger partial charge is 0.398 e. The highest BCUT2D eigenvalue weighted by Gasteiger charge is 2.21. The fourth-order valence-electron chi connectivity index (χ4n) is 2.84. The quantitative estimate of drug-likeness (QED) is 0.810. The lowest BCUT2D eigenvalue weighted by atomic mass is 10.0. The van der Waals surface area contributed by atoms with Crippen molar-refractivity contribution in [1.29, 1.82) is 0 Å². The molecule has 1 fully saturated rings. The van der Waals surface area contributed by atoms with Gasteiger partial charge in [0.1, 0.15) is 5.69 Å². The molecule has 4 nitrogen and oxygen atoms in total. The van der Waals surface area contributed by atoms with Crippen LogP contribution in [0.2, 0.25) is 0 Å². The van der Waals surface area contributed by atoms with E-state index in [1.165, 1.54) is 6.42 Å². The van der Waals surface area contributed by atoms with Crippen molar-refractivity contribution in [3.05, 3.63) is 35.7 Å². The van der Waals surface area contributed by atoms with E-state index in [9.17, 15) is 4.79 Å². The molecule has 0 saturated carbocycles. The first-order valence-corrected chi connectivity index (χ1v) is 7.12. The number of pyridine rings is 1. The summed E-state index contributed by atoms with van der Waals surface area (Å²) in [6.07, 6.45) is 3.37. The fraction of sp³-hybridized carbons (Fsp3) is 0.375. The van der Waals surface area contributed by atoms with E-state index in [1.54, 1.807) is 0 Å². The number of nitrogens with zero attached hydrogens (tertiary/aromatic N) is 2. The van der Waals surface area contributed by atoms with Crippen LogP contribution < -0.4 is 5.73 Å². The lowest BCUT2D eigenvalue weighted by Gasteiger charge is -2.26. The Morgan fingerprint density at radius 3 is 2.70 bits per heavy atom. The van der Waals surface area contributed by atoms with Crippen molar-refractivity contribution in [2.75, 3.05) is 18.8 Å². The summed E-state index contributed by atoms with van der Waals surface area (Å²) >= 11 is 0. The number of fused-ring (bicyclic) bond motifs is 1. The van der Waals surface area contributed by atoms with Gasteiger partial charge in [0.25, 0.3) is 5.91 Å². The summed E-state index contributed by atoms with van der Waals surface area (Å²) in [6, 6.07) is 7.60. The molecule has 104 valence electrons. The first-order chi connectivity index (χ1) is 9.66. The van der Waals surface area contributed by atoms with Crippen LogP contribution in [0, 0.1) is 6.92 Å². The molecular weight excluding hydrogens is 250 g/mol. The molecule has 20 heavy (non-hydrogen) atoms. The molecule has 1 aliphatic rings. The van der Waals surface area contributed by atoms with Crippen molar-refractivity contribution >= 4 is 22.4 Å². The highest BCUT2D eigenvalue weighted by atomic mass is 16.2. The monoisotopic (exact) mass is 269 g/mol. The lowest BCUT2D eigenvalue weighted by molar-refractivity contribution is 0.0720. The molecule has 1 aromatic heterocycles. The van der Waals surface area contributed by atoms with E-state index < -0.39 is 0 Å². The molecule has 0 spiro atoms. The number of likely N-dealkylation sites (tertiary alicyclic amines) is 1. The van der Waals surface area contributed by atoms with Crippen molar-refractivity contribution in [2.45, 2.75) is 26.2 Å². The number of rotatable bonds is 1. The van der Waals surface area contributed by atoms with Gasteiger partial charge < -0.3 is 10.6 Å². The summed E-state index contributed by atoms with van der Waals surface area (Å²) < 4.78 is 0. The zero-order chi connectivity index (χ0) is 14.1. The summed E-state index contributed by atoms with van der Waals surface area (Å²) in [4.78, 5) is 19.1. The molecular formula is C16H19N3O. The molecule has 4 heteroatoms. The van der Waals surface area contributed by atoms with Crippen LogP contribution in [0.25, 0.3) is 10.8 Å². The van der Waals surface area contributed by atoms with Crippen LogP contribution in [0.4, 0.5) is 5.69 Å². The molecule has 1 aromatic carbocycles. The maximum Gasteiger partial charge on any atom is 0.273 e. The number of anilines is 1. The maximum atomic E-state index is 12.7. The molecule has 3 rings (SSSR count). The van der Waals surface area contributed by atoms with Gasteiger partial charge >= 0.3 is 0 Å². The van der Waals surface area contributed by atoms with Gasteiger partial charge in [-0.15, -0.1) is 0 Å². The third-order valence-corrected chi connectivity index (χ3v) is 3.88. The standard InChI is InChI=1S/C16H19N3O/c1-11-10-13-12(6-5-7-14(13)17)15(18-11)16(20)19-8-3-2-4-9-19/h5-7,10H,2-4,8-9,17H2,1H3. The summed E-state index contributed by atoms with van der Waals surface area (Å²) in [5.74, 6) is 0.0315. The molecule has 1 aliphatic heterocycles. The molecule has 1 amide bonds. The second kappa shape index (κ2) is 5.12. The molecule has 0 unspecified atom stereocenters. The van der Waals surface area contributed by atoms with Gasteiger partial charge in [0.05, 0.1) is 0 Å². The summed E-state index contributed by atoms with van der Waals surface area (Å²) in [5, 5.41) is 1.77. The fourth-order valence-corrected chi connectivity index (χ4v) is 2.84. The van der Waals surface area contributed by atoms with Gasteiger partial charge in [-0.05, 0) is 38.3 Å². The number of aromatic nitrogens is 1. The minimum absolute atomic E-state index is 0.0315. The minimum Gasteiger partial charge on any atom is -0.398 e. The number of nitrogens with two attached hydrogens (primary N) is 1. The Labute approximate surface area is 118 Å². The van der Waals surface area contributed by atoms with Crippen molar-refractivity contribution in [1.82, 2.24) is 9.88 Å².